The summed E-state index contributed by atoms with van der Waals surface area (Å²) in [6.45, 7) is 2.05. The van der Waals surface area contributed by atoms with Crippen LogP contribution in [-0.2, 0) is 21.4 Å². The second-order valence-electron chi connectivity index (χ2n) is 5.27. The van der Waals surface area contributed by atoms with Gasteiger partial charge in [-0.05, 0) is 44.1 Å². The van der Waals surface area contributed by atoms with Crippen LogP contribution in [0, 0.1) is 0 Å². The molecule has 2 N–H and O–H groups in total. The summed E-state index contributed by atoms with van der Waals surface area (Å²) in [6.07, 6.45) is 2.41. The molecule has 8 heteroatoms. The fraction of sp³-hybridized carbons (Fsp3) is 0.615. The molecule has 1 aliphatic heterocycles. The highest BCUT2D eigenvalue weighted by Gasteiger charge is 2.37. The van der Waals surface area contributed by atoms with Crippen molar-refractivity contribution in [2.24, 2.45) is 0 Å². The maximum absolute atomic E-state index is 12.4. The molecular weight excluding hydrogens is 312 g/mol. The molecule has 118 valence electrons. The van der Waals surface area contributed by atoms with Crippen molar-refractivity contribution in [1.82, 2.24) is 9.03 Å². The van der Waals surface area contributed by atoms with E-state index in [4.69, 9.17) is 0 Å². The SMILES string of the molecule is CC(Cc1cccs1)NS(=O)(=O)N1CCCCC1C(=O)O. The lowest BCUT2D eigenvalue weighted by Gasteiger charge is -2.32. The van der Waals surface area contributed by atoms with Crippen molar-refractivity contribution >= 4 is 27.5 Å². The summed E-state index contributed by atoms with van der Waals surface area (Å²) in [4.78, 5) is 12.3. The van der Waals surface area contributed by atoms with Gasteiger partial charge < -0.3 is 5.11 Å². The minimum Gasteiger partial charge on any atom is -0.480 e. The molecule has 21 heavy (non-hydrogen) atoms. The molecule has 0 aliphatic carbocycles. The Bertz CT molecular complexity index is 571. The molecule has 1 aromatic rings. The minimum absolute atomic E-state index is 0.262. The van der Waals surface area contributed by atoms with Gasteiger partial charge in [-0.1, -0.05) is 6.07 Å². The molecule has 1 saturated heterocycles. The first-order chi connectivity index (χ1) is 9.90. The van der Waals surface area contributed by atoms with Crippen LogP contribution in [0.5, 0.6) is 0 Å². The van der Waals surface area contributed by atoms with Gasteiger partial charge in [0.2, 0.25) is 0 Å². The Morgan fingerprint density at radius 3 is 2.95 bits per heavy atom. The summed E-state index contributed by atoms with van der Waals surface area (Å²) in [5, 5.41) is 11.1. The third kappa shape index (κ3) is 4.26. The fourth-order valence-corrected chi connectivity index (χ4v) is 5.00. The third-order valence-corrected chi connectivity index (χ3v) is 6.14. The number of hydrogen-bond acceptors (Lipinski definition) is 4. The number of thiophene rings is 1. The molecule has 1 fully saturated rings. The number of piperidine rings is 1. The van der Waals surface area contributed by atoms with Gasteiger partial charge in [0.15, 0.2) is 0 Å². The topological polar surface area (TPSA) is 86.7 Å². The fourth-order valence-electron chi connectivity index (χ4n) is 2.53. The lowest BCUT2D eigenvalue weighted by molar-refractivity contribution is -0.142. The largest absolute Gasteiger partial charge is 0.480 e. The Morgan fingerprint density at radius 2 is 2.33 bits per heavy atom. The molecule has 0 radical (unpaired) electrons. The molecule has 0 amide bonds. The van der Waals surface area contributed by atoms with Crippen molar-refractivity contribution in [3.63, 3.8) is 0 Å². The molecule has 0 bridgehead atoms. The van der Waals surface area contributed by atoms with Crippen LogP contribution < -0.4 is 4.72 Å². The Hall–Kier alpha value is -0.960. The molecule has 2 rings (SSSR count). The lowest BCUT2D eigenvalue weighted by Crippen LogP contribution is -2.53. The van der Waals surface area contributed by atoms with E-state index in [-0.39, 0.29) is 12.6 Å². The van der Waals surface area contributed by atoms with E-state index in [0.717, 1.165) is 15.6 Å². The van der Waals surface area contributed by atoms with Crippen LogP contribution in [0.25, 0.3) is 0 Å². The number of nitrogens with one attached hydrogen (secondary N) is 1. The van der Waals surface area contributed by atoms with E-state index in [2.05, 4.69) is 4.72 Å². The quantitative estimate of drug-likeness (QED) is 0.825. The maximum Gasteiger partial charge on any atom is 0.322 e. The van der Waals surface area contributed by atoms with Crippen LogP contribution >= 0.6 is 11.3 Å². The third-order valence-electron chi connectivity index (χ3n) is 3.49. The zero-order valence-electron chi connectivity index (χ0n) is 11.9. The molecule has 2 heterocycles. The summed E-state index contributed by atoms with van der Waals surface area (Å²) in [5.74, 6) is -1.08. The standard InChI is InChI=1S/C13H20N2O4S2/c1-10(9-11-5-4-8-20-11)14-21(18,19)15-7-3-2-6-12(15)13(16)17/h4-5,8,10,12,14H,2-3,6-7,9H2,1H3,(H,16,17). The summed E-state index contributed by atoms with van der Waals surface area (Å²) in [7, 11) is -3.77. The van der Waals surface area contributed by atoms with E-state index in [1.807, 2.05) is 17.5 Å². The number of carboxylic acid groups (broad SMARTS) is 1. The van der Waals surface area contributed by atoms with E-state index < -0.39 is 22.2 Å². The van der Waals surface area contributed by atoms with Crippen LogP contribution in [0.2, 0.25) is 0 Å². The van der Waals surface area contributed by atoms with Crippen molar-refractivity contribution in [2.45, 2.75) is 44.7 Å². The normalized spacial score (nSPS) is 22.0. The van der Waals surface area contributed by atoms with E-state index in [9.17, 15) is 18.3 Å². The second-order valence-corrected chi connectivity index (χ2v) is 7.96. The smallest absolute Gasteiger partial charge is 0.322 e. The average molecular weight is 332 g/mol. The maximum atomic E-state index is 12.4. The molecule has 0 aromatic carbocycles. The number of carboxylic acids is 1. The molecule has 2 unspecified atom stereocenters. The number of carbonyl (C=O) groups is 1. The van der Waals surface area contributed by atoms with Gasteiger partial charge in [-0.3, -0.25) is 4.79 Å². The second kappa shape index (κ2) is 6.87. The zero-order chi connectivity index (χ0) is 15.5. The summed E-state index contributed by atoms with van der Waals surface area (Å²) in [6, 6.07) is 2.65. The van der Waals surface area contributed by atoms with Crippen LogP contribution in [0.1, 0.15) is 31.1 Å². The molecule has 0 spiro atoms. The molecule has 1 aliphatic rings. The first kappa shape index (κ1) is 16.4. The number of rotatable bonds is 6. The Kier molecular flexibility index (Phi) is 5.37. The first-order valence-electron chi connectivity index (χ1n) is 6.94. The minimum atomic E-state index is -3.77. The molecular formula is C13H20N2O4S2. The van der Waals surface area contributed by atoms with Crippen molar-refractivity contribution in [3.05, 3.63) is 22.4 Å². The van der Waals surface area contributed by atoms with Gasteiger partial charge in [0.05, 0.1) is 0 Å². The van der Waals surface area contributed by atoms with Gasteiger partial charge in [0, 0.05) is 17.5 Å². The van der Waals surface area contributed by atoms with Gasteiger partial charge in [0.25, 0.3) is 10.2 Å². The molecule has 2 atom stereocenters. The van der Waals surface area contributed by atoms with Crippen LogP contribution in [0.4, 0.5) is 0 Å². The predicted molar refractivity (Wildman–Crippen MR) is 81.5 cm³/mol. The average Bonchev–Trinajstić information content (AvgIpc) is 2.90. The number of hydrogen-bond donors (Lipinski definition) is 2. The van der Waals surface area contributed by atoms with Gasteiger partial charge in [-0.15, -0.1) is 11.3 Å². The van der Waals surface area contributed by atoms with Crippen LogP contribution in [0.15, 0.2) is 17.5 Å². The summed E-state index contributed by atoms with van der Waals surface area (Å²) >= 11 is 1.58. The van der Waals surface area contributed by atoms with Crippen molar-refractivity contribution in [1.29, 1.82) is 0 Å². The Labute approximate surface area is 129 Å². The van der Waals surface area contributed by atoms with Crippen molar-refractivity contribution < 1.29 is 18.3 Å². The van der Waals surface area contributed by atoms with E-state index >= 15 is 0 Å². The van der Waals surface area contributed by atoms with Gasteiger partial charge in [-0.2, -0.15) is 17.4 Å². The number of aliphatic carboxylic acids is 1. The van der Waals surface area contributed by atoms with E-state index in [1.165, 1.54) is 0 Å². The van der Waals surface area contributed by atoms with Crippen molar-refractivity contribution in [2.75, 3.05) is 6.54 Å². The summed E-state index contributed by atoms with van der Waals surface area (Å²) < 4.78 is 28.5. The van der Waals surface area contributed by atoms with E-state index in [0.29, 0.717) is 19.3 Å². The predicted octanol–water partition coefficient (Wildman–Crippen LogP) is 1.45. The monoisotopic (exact) mass is 332 g/mol. The van der Waals surface area contributed by atoms with Crippen LogP contribution in [0.3, 0.4) is 0 Å². The lowest BCUT2D eigenvalue weighted by atomic mass is 10.1. The van der Waals surface area contributed by atoms with Crippen LogP contribution in [-0.4, -0.2) is 42.4 Å². The van der Waals surface area contributed by atoms with Gasteiger partial charge in [-0.25, -0.2) is 0 Å². The highest BCUT2D eigenvalue weighted by Crippen LogP contribution is 2.20. The van der Waals surface area contributed by atoms with Gasteiger partial charge >= 0.3 is 5.97 Å². The first-order valence-corrected chi connectivity index (χ1v) is 9.26. The van der Waals surface area contributed by atoms with Crippen molar-refractivity contribution in [3.8, 4) is 0 Å². The summed E-state index contributed by atoms with van der Waals surface area (Å²) in [5.41, 5.74) is 0. The molecule has 6 nitrogen and oxygen atoms in total. The molecule has 1 aromatic heterocycles. The highest BCUT2D eigenvalue weighted by molar-refractivity contribution is 7.87. The Morgan fingerprint density at radius 1 is 1.57 bits per heavy atom. The molecule has 0 saturated carbocycles. The highest BCUT2D eigenvalue weighted by atomic mass is 32.2. The zero-order valence-corrected chi connectivity index (χ0v) is 13.5. The van der Waals surface area contributed by atoms with Gasteiger partial charge in [0.1, 0.15) is 6.04 Å². The van der Waals surface area contributed by atoms with E-state index in [1.54, 1.807) is 18.3 Å². The Balaban J connectivity index is 2.04. The number of nitrogens with zero attached hydrogens (tertiary/aromatic N) is 1.